The molecule has 0 bridgehead atoms. The van der Waals surface area contributed by atoms with Crippen molar-refractivity contribution in [2.75, 3.05) is 6.61 Å². The second-order valence-electron chi connectivity index (χ2n) is 8.06. The van der Waals surface area contributed by atoms with Gasteiger partial charge < -0.3 is 14.6 Å². The molecule has 0 spiro atoms. The number of para-hydroxylation sites is 2. The summed E-state index contributed by atoms with van der Waals surface area (Å²) in [7, 11) is 0. The first-order chi connectivity index (χ1) is 17.1. The Labute approximate surface area is 201 Å². The molecule has 8 nitrogen and oxygen atoms in total. The molecule has 176 valence electrons. The Hall–Kier alpha value is -4.43. The first-order valence-corrected chi connectivity index (χ1v) is 11.2. The van der Waals surface area contributed by atoms with Crippen molar-refractivity contribution in [3.8, 4) is 22.9 Å². The van der Waals surface area contributed by atoms with Gasteiger partial charge in [-0.25, -0.2) is 9.67 Å². The number of benzene rings is 3. The largest absolute Gasteiger partial charge is 0.491 e. The fraction of sp³-hybridized carbons (Fsp3) is 0.148. The van der Waals surface area contributed by atoms with Crippen LogP contribution in [0.2, 0.25) is 0 Å². The summed E-state index contributed by atoms with van der Waals surface area (Å²) in [6.07, 6.45) is 0.602. The summed E-state index contributed by atoms with van der Waals surface area (Å²) in [5, 5.41) is 15.3. The van der Waals surface area contributed by atoms with E-state index in [2.05, 4.69) is 10.1 Å². The standard InChI is InChI=1S/C27H24N4O4/c1-19-29-26-25(16-28-31(26)20-8-4-2-5-9-20)27(33)30(19)17-21(32)18-34-22-12-14-24(15-13-22)35-23-10-6-3-7-11-23/h2-16,21,32H,17-18H2,1H3. The normalized spacial score (nSPS) is 11.9. The molecule has 1 N–H and O–H groups in total. The van der Waals surface area contributed by atoms with Gasteiger partial charge in [0.05, 0.1) is 18.4 Å². The number of aromatic nitrogens is 4. The van der Waals surface area contributed by atoms with Gasteiger partial charge in [0.2, 0.25) is 0 Å². The van der Waals surface area contributed by atoms with E-state index in [1.807, 2.05) is 60.7 Å². The molecule has 3 aromatic carbocycles. The minimum atomic E-state index is -0.907. The van der Waals surface area contributed by atoms with Crippen LogP contribution in [0.5, 0.6) is 17.2 Å². The lowest BCUT2D eigenvalue weighted by molar-refractivity contribution is 0.0909. The number of nitrogens with zero attached hydrogens (tertiary/aromatic N) is 4. The maximum Gasteiger partial charge on any atom is 0.264 e. The summed E-state index contributed by atoms with van der Waals surface area (Å²) in [6.45, 7) is 1.81. The van der Waals surface area contributed by atoms with E-state index in [4.69, 9.17) is 9.47 Å². The maximum atomic E-state index is 13.1. The Bertz CT molecular complexity index is 1480. The molecule has 8 heteroatoms. The average molecular weight is 469 g/mol. The zero-order valence-corrected chi connectivity index (χ0v) is 19.1. The summed E-state index contributed by atoms with van der Waals surface area (Å²) in [5.74, 6) is 2.51. The van der Waals surface area contributed by atoms with Gasteiger partial charge in [-0.3, -0.25) is 9.36 Å². The molecule has 1 unspecified atom stereocenters. The minimum absolute atomic E-state index is 0.0199. The molecule has 0 radical (unpaired) electrons. The van der Waals surface area contributed by atoms with E-state index in [0.29, 0.717) is 28.4 Å². The SMILES string of the molecule is Cc1nc2c(cnn2-c2ccccc2)c(=O)n1CC(O)COc1ccc(Oc2ccccc2)cc1. The van der Waals surface area contributed by atoms with Gasteiger partial charge in [0.15, 0.2) is 5.65 Å². The highest BCUT2D eigenvalue weighted by atomic mass is 16.5. The number of aliphatic hydroxyl groups is 1. The first kappa shape index (κ1) is 22.4. The highest BCUT2D eigenvalue weighted by Crippen LogP contribution is 2.23. The van der Waals surface area contributed by atoms with E-state index in [-0.39, 0.29) is 18.7 Å². The van der Waals surface area contributed by atoms with Gasteiger partial charge in [-0.1, -0.05) is 36.4 Å². The summed E-state index contributed by atoms with van der Waals surface area (Å²) in [5.41, 5.74) is 1.05. The molecule has 0 aliphatic rings. The zero-order chi connectivity index (χ0) is 24.2. The van der Waals surface area contributed by atoms with Gasteiger partial charge in [0.1, 0.15) is 41.2 Å². The van der Waals surface area contributed by atoms with E-state index in [1.165, 1.54) is 10.8 Å². The Balaban J connectivity index is 1.25. The molecule has 2 aromatic heterocycles. The Morgan fingerprint density at radius 1 is 0.886 bits per heavy atom. The van der Waals surface area contributed by atoms with Crippen LogP contribution in [0.25, 0.3) is 16.7 Å². The summed E-state index contributed by atoms with van der Waals surface area (Å²) < 4.78 is 14.6. The van der Waals surface area contributed by atoms with Gasteiger partial charge in [0, 0.05) is 0 Å². The molecule has 0 amide bonds. The van der Waals surface area contributed by atoms with Crippen LogP contribution in [0.1, 0.15) is 5.82 Å². The van der Waals surface area contributed by atoms with Crippen molar-refractivity contribution < 1.29 is 14.6 Å². The summed E-state index contributed by atoms with van der Waals surface area (Å²) in [6, 6.07) is 26.1. The third-order valence-electron chi connectivity index (χ3n) is 5.52. The number of ether oxygens (including phenoxy) is 2. The van der Waals surface area contributed by atoms with Crippen molar-refractivity contribution in [1.82, 2.24) is 19.3 Å². The van der Waals surface area contributed by atoms with Crippen molar-refractivity contribution in [1.29, 1.82) is 0 Å². The second kappa shape index (κ2) is 9.82. The molecule has 2 heterocycles. The van der Waals surface area contributed by atoms with Crippen LogP contribution in [0.4, 0.5) is 0 Å². The van der Waals surface area contributed by atoms with Crippen molar-refractivity contribution in [2.24, 2.45) is 0 Å². The maximum absolute atomic E-state index is 13.1. The van der Waals surface area contributed by atoms with E-state index >= 15 is 0 Å². The third kappa shape index (κ3) is 4.92. The Morgan fingerprint density at radius 3 is 2.23 bits per heavy atom. The predicted molar refractivity (Wildman–Crippen MR) is 132 cm³/mol. The highest BCUT2D eigenvalue weighted by molar-refractivity contribution is 5.75. The van der Waals surface area contributed by atoms with E-state index in [0.717, 1.165) is 11.4 Å². The van der Waals surface area contributed by atoms with Crippen LogP contribution in [0, 0.1) is 6.92 Å². The van der Waals surface area contributed by atoms with Gasteiger partial charge in [-0.15, -0.1) is 0 Å². The first-order valence-electron chi connectivity index (χ1n) is 11.2. The summed E-state index contributed by atoms with van der Waals surface area (Å²) >= 11 is 0. The topological polar surface area (TPSA) is 91.4 Å². The van der Waals surface area contributed by atoms with Crippen molar-refractivity contribution in [3.05, 3.63) is 107 Å². The van der Waals surface area contributed by atoms with Gasteiger partial charge in [-0.2, -0.15) is 5.10 Å². The Kier molecular flexibility index (Phi) is 6.28. The molecule has 5 rings (SSSR count). The van der Waals surface area contributed by atoms with E-state index < -0.39 is 6.10 Å². The lowest BCUT2D eigenvalue weighted by Crippen LogP contribution is -2.32. The fourth-order valence-electron chi connectivity index (χ4n) is 3.76. The number of hydrogen-bond acceptors (Lipinski definition) is 6. The minimum Gasteiger partial charge on any atom is -0.491 e. The van der Waals surface area contributed by atoms with Gasteiger partial charge in [-0.05, 0) is 55.5 Å². The van der Waals surface area contributed by atoms with Gasteiger partial charge in [0.25, 0.3) is 5.56 Å². The number of fused-ring (bicyclic) bond motifs is 1. The van der Waals surface area contributed by atoms with Gasteiger partial charge >= 0.3 is 0 Å². The molecular formula is C27H24N4O4. The molecule has 5 aromatic rings. The highest BCUT2D eigenvalue weighted by Gasteiger charge is 2.16. The lowest BCUT2D eigenvalue weighted by Gasteiger charge is -2.16. The quantitative estimate of drug-likeness (QED) is 0.368. The van der Waals surface area contributed by atoms with Crippen LogP contribution in [0.3, 0.4) is 0 Å². The van der Waals surface area contributed by atoms with Crippen molar-refractivity contribution >= 4 is 11.0 Å². The van der Waals surface area contributed by atoms with Crippen LogP contribution in [-0.2, 0) is 6.54 Å². The molecule has 35 heavy (non-hydrogen) atoms. The molecule has 0 saturated heterocycles. The zero-order valence-electron chi connectivity index (χ0n) is 19.1. The predicted octanol–water partition coefficient (Wildman–Crippen LogP) is 4.12. The van der Waals surface area contributed by atoms with Crippen LogP contribution >= 0.6 is 0 Å². The number of rotatable bonds is 8. The summed E-state index contributed by atoms with van der Waals surface area (Å²) in [4.78, 5) is 17.7. The number of aryl methyl sites for hydroxylation is 1. The number of hydrogen-bond donors (Lipinski definition) is 1. The third-order valence-corrected chi connectivity index (χ3v) is 5.52. The molecule has 0 fully saturated rings. The molecule has 0 aliphatic heterocycles. The van der Waals surface area contributed by atoms with Crippen molar-refractivity contribution in [3.63, 3.8) is 0 Å². The molecule has 1 atom stereocenters. The lowest BCUT2D eigenvalue weighted by atomic mass is 10.3. The van der Waals surface area contributed by atoms with E-state index in [9.17, 15) is 9.90 Å². The smallest absolute Gasteiger partial charge is 0.264 e. The second-order valence-corrected chi connectivity index (χ2v) is 8.06. The Morgan fingerprint density at radius 2 is 1.51 bits per heavy atom. The fourth-order valence-corrected chi connectivity index (χ4v) is 3.76. The molecule has 0 aliphatic carbocycles. The van der Waals surface area contributed by atoms with Crippen LogP contribution < -0.4 is 15.0 Å². The number of aliphatic hydroxyl groups excluding tert-OH is 1. The average Bonchev–Trinajstić information content (AvgIpc) is 3.31. The van der Waals surface area contributed by atoms with Crippen LogP contribution in [0.15, 0.2) is 95.9 Å². The van der Waals surface area contributed by atoms with Crippen molar-refractivity contribution in [2.45, 2.75) is 19.6 Å². The van der Waals surface area contributed by atoms with E-state index in [1.54, 1.807) is 35.9 Å². The molecule has 0 saturated carbocycles. The van der Waals surface area contributed by atoms with Crippen LogP contribution in [-0.4, -0.2) is 37.1 Å². The monoisotopic (exact) mass is 468 g/mol. The molecular weight excluding hydrogens is 444 g/mol.